The molecule has 0 atom stereocenters. The summed E-state index contributed by atoms with van der Waals surface area (Å²) in [5.41, 5.74) is 3.50. The van der Waals surface area contributed by atoms with Gasteiger partial charge in [0.05, 0.1) is 6.10 Å². The standard InChI is InChI=1S/C28H41N5O/c1-20-6-5-7-23(18-20)31-28-29-19-26(27(32-28)30-22-10-12-25(34)13-11-22)21-14-16-33(17-15-21)24-8-3-2-4-9-24/h5-7,18-19,21-22,24-25,34H,2-4,8-17H2,1H3,(H2,29,30,31,32). The first-order chi connectivity index (χ1) is 16.6. The van der Waals surface area contributed by atoms with Crippen molar-refractivity contribution in [2.75, 3.05) is 23.7 Å². The fourth-order valence-electron chi connectivity index (χ4n) is 6.15. The number of likely N-dealkylation sites (tertiary alicyclic amines) is 1. The molecule has 6 nitrogen and oxygen atoms in total. The quantitative estimate of drug-likeness (QED) is 0.506. The molecule has 0 unspecified atom stereocenters. The molecule has 2 heterocycles. The van der Waals surface area contributed by atoms with Crippen LogP contribution in [0.1, 0.15) is 87.7 Å². The highest BCUT2D eigenvalue weighted by Gasteiger charge is 2.29. The third-order valence-electron chi connectivity index (χ3n) is 8.19. The molecule has 2 saturated carbocycles. The third kappa shape index (κ3) is 5.89. The van der Waals surface area contributed by atoms with Crippen molar-refractivity contribution in [3.05, 3.63) is 41.6 Å². The van der Waals surface area contributed by atoms with Gasteiger partial charge in [-0.25, -0.2) is 4.98 Å². The highest BCUT2D eigenvalue weighted by Crippen LogP contribution is 2.36. The Kier molecular flexibility index (Phi) is 7.65. The van der Waals surface area contributed by atoms with Crippen LogP contribution >= 0.6 is 0 Å². The Hall–Kier alpha value is -2.18. The van der Waals surface area contributed by atoms with Gasteiger partial charge in [0, 0.05) is 29.5 Å². The number of nitrogens with zero attached hydrogens (tertiary/aromatic N) is 3. The summed E-state index contributed by atoms with van der Waals surface area (Å²) in [6, 6.07) is 9.50. The maximum atomic E-state index is 9.95. The topological polar surface area (TPSA) is 73.3 Å². The number of aryl methyl sites for hydroxylation is 1. The molecular formula is C28H41N5O. The Morgan fingerprint density at radius 2 is 1.71 bits per heavy atom. The summed E-state index contributed by atoms with van der Waals surface area (Å²) in [5, 5.41) is 17.1. The summed E-state index contributed by atoms with van der Waals surface area (Å²) < 4.78 is 0. The number of benzene rings is 1. The van der Waals surface area contributed by atoms with Crippen molar-refractivity contribution in [2.24, 2.45) is 0 Å². The second-order valence-electron chi connectivity index (χ2n) is 10.7. The fraction of sp³-hybridized carbons (Fsp3) is 0.643. The number of aliphatic hydroxyl groups excluding tert-OH is 1. The van der Waals surface area contributed by atoms with Gasteiger partial charge in [-0.2, -0.15) is 4.98 Å². The minimum Gasteiger partial charge on any atom is -0.393 e. The van der Waals surface area contributed by atoms with E-state index in [4.69, 9.17) is 9.97 Å². The molecule has 3 aliphatic rings. The third-order valence-corrected chi connectivity index (χ3v) is 8.19. The number of aliphatic hydroxyl groups is 1. The molecule has 2 aromatic rings. The lowest BCUT2D eigenvalue weighted by Gasteiger charge is -2.39. The zero-order valence-electron chi connectivity index (χ0n) is 20.7. The first-order valence-electron chi connectivity index (χ1n) is 13.5. The molecular weight excluding hydrogens is 422 g/mol. The van der Waals surface area contributed by atoms with Crippen LogP contribution < -0.4 is 10.6 Å². The molecule has 1 saturated heterocycles. The van der Waals surface area contributed by atoms with Crippen molar-refractivity contribution in [3.8, 4) is 0 Å². The smallest absolute Gasteiger partial charge is 0.229 e. The molecule has 5 rings (SSSR count). The number of aromatic nitrogens is 2. The predicted molar refractivity (Wildman–Crippen MR) is 139 cm³/mol. The summed E-state index contributed by atoms with van der Waals surface area (Å²) in [6.45, 7) is 4.47. The van der Waals surface area contributed by atoms with E-state index in [0.717, 1.165) is 43.2 Å². The van der Waals surface area contributed by atoms with Crippen LogP contribution in [0.5, 0.6) is 0 Å². The van der Waals surface area contributed by atoms with Crippen LogP contribution in [0.15, 0.2) is 30.5 Å². The van der Waals surface area contributed by atoms with Crippen LogP contribution in [-0.2, 0) is 0 Å². The van der Waals surface area contributed by atoms with E-state index in [1.54, 1.807) is 0 Å². The van der Waals surface area contributed by atoms with Gasteiger partial charge in [-0.1, -0.05) is 31.4 Å². The minimum absolute atomic E-state index is 0.148. The number of nitrogens with one attached hydrogen (secondary N) is 2. The number of anilines is 3. The number of hydrogen-bond donors (Lipinski definition) is 3. The van der Waals surface area contributed by atoms with Crippen molar-refractivity contribution in [3.63, 3.8) is 0 Å². The Bertz CT molecular complexity index is 928. The van der Waals surface area contributed by atoms with Crippen molar-refractivity contribution in [1.82, 2.24) is 14.9 Å². The molecule has 34 heavy (non-hydrogen) atoms. The Morgan fingerprint density at radius 3 is 2.44 bits per heavy atom. The van der Waals surface area contributed by atoms with E-state index >= 15 is 0 Å². The van der Waals surface area contributed by atoms with Gasteiger partial charge in [0.15, 0.2) is 0 Å². The van der Waals surface area contributed by atoms with Gasteiger partial charge in [-0.05, 0) is 95.0 Å². The van der Waals surface area contributed by atoms with Crippen LogP contribution in [0.4, 0.5) is 17.5 Å². The lowest BCUT2D eigenvalue weighted by Crippen LogP contribution is -2.42. The second-order valence-corrected chi connectivity index (χ2v) is 10.7. The predicted octanol–water partition coefficient (Wildman–Crippen LogP) is 5.76. The molecule has 3 N–H and O–H groups in total. The minimum atomic E-state index is -0.148. The highest BCUT2D eigenvalue weighted by molar-refractivity contribution is 5.57. The molecule has 2 aliphatic carbocycles. The summed E-state index contributed by atoms with van der Waals surface area (Å²) >= 11 is 0. The van der Waals surface area contributed by atoms with Gasteiger partial charge in [0.2, 0.25) is 5.95 Å². The van der Waals surface area contributed by atoms with E-state index in [1.165, 1.54) is 69.2 Å². The molecule has 1 aliphatic heterocycles. The second kappa shape index (κ2) is 11.0. The number of piperidine rings is 1. The average molecular weight is 464 g/mol. The van der Waals surface area contributed by atoms with Gasteiger partial charge in [0.25, 0.3) is 0 Å². The van der Waals surface area contributed by atoms with Gasteiger partial charge in [-0.15, -0.1) is 0 Å². The van der Waals surface area contributed by atoms with Crippen LogP contribution in [0.3, 0.4) is 0 Å². The van der Waals surface area contributed by atoms with Gasteiger partial charge >= 0.3 is 0 Å². The maximum Gasteiger partial charge on any atom is 0.229 e. The Balaban J connectivity index is 1.31. The summed E-state index contributed by atoms with van der Waals surface area (Å²) in [4.78, 5) is 12.5. The zero-order chi connectivity index (χ0) is 23.3. The van der Waals surface area contributed by atoms with Crippen LogP contribution in [0.2, 0.25) is 0 Å². The normalized spacial score (nSPS) is 25.2. The first kappa shape index (κ1) is 23.6. The molecule has 0 amide bonds. The van der Waals surface area contributed by atoms with Crippen molar-refractivity contribution < 1.29 is 5.11 Å². The SMILES string of the molecule is Cc1cccc(Nc2ncc(C3CCN(C4CCCCC4)CC3)c(NC3CCC(O)CC3)n2)c1. The van der Waals surface area contributed by atoms with Crippen molar-refractivity contribution in [2.45, 2.75) is 102 Å². The number of rotatable bonds is 6. The maximum absolute atomic E-state index is 9.95. The summed E-state index contributed by atoms with van der Waals surface area (Å²) in [6.07, 6.45) is 15.0. The first-order valence-corrected chi connectivity index (χ1v) is 13.5. The Morgan fingerprint density at radius 1 is 0.941 bits per heavy atom. The molecule has 0 bridgehead atoms. The summed E-state index contributed by atoms with van der Waals surface area (Å²) in [7, 11) is 0. The monoisotopic (exact) mass is 463 g/mol. The lowest BCUT2D eigenvalue weighted by atomic mass is 9.87. The van der Waals surface area contributed by atoms with Crippen LogP contribution in [0, 0.1) is 6.92 Å². The highest BCUT2D eigenvalue weighted by atomic mass is 16.3. The van der Waals surface area contributed by atoms with E-state index in [9.17, 15) is 5.11 Å². The van der Waals surface area contributed by atoms with Crippen molar-refractivity contribution in [1.29, 1.82) is 0 Å². The van der Waals surface area contributed by atoms with Gasteiger partial charge in [0.1, 0.15) is 5.82 Å². The molecule has 1 aromatic heterocycles. The Labute approximate surface area is 204 Å². The van der Waals surface area contributed by atoms with Gasteiger partial charge < -0.3 is 20.6 Å². The molecule has 6 heteroatoms. The van der Waals surface area contributed by atoms with Crippen LogP contribution in [-0.4, -0.2) is 51.3 Å². The van der Waals surface area contributed by atoms with E-state index in [0.29, 0.717) is 17.9 Å². The average Bonchev–Trinajstić information content (AvgIpc) is 2.86. The van der Waals surface area contributed by atoms with E-state index in [1.807, 2.05) is 0 Å². The molecule has 184 valence electrons. The molecule has 0 radical (unpaired) electrons. The lowest BCUT2D eigenvalue weighted by molar-refractivity contribution is 0.122. The summed E-state index contributed by atoms with van der Waals surface area (Å²) in [5.74, 6) is 2.14. The largest absolute Gasteiger partial charge is 0.393 e. The number of hydrogen-bond acceptors (Lipinski definition) is 6. The molecule has 0 spiro atoms. The van der Waals surface area contributed by atoms with Crippen LogP contribution in [0.25, 0.3) is 0 Å². The molecule has 3 fully saturated rings. The van der Waals surface area contributed by atoms with E-state index < -0.39 is 0 Å². The molecule has 1 aromatic carbocycles. The fourth-order valence-corrected chi connectivity index (χ4v) is 6.15. The van der Waals surface area contributed by atoms with E-state index in [2.05, 4.69) is 52.9 Å². The van der Waals surface area contributed by atoms with Crippen molar-refractivity contribution >= 4 is 17.5 Å². The zero-order valence-corrected chi connectivity index (χ0v) is 20.7. The van der Waals surface area contributed by atoms with Gasteiger partial charge in [-0.3, -0.25) is 0 Å². The van der Waals surface area contributed by atoms with E-state index in [-0.39, 0.29) is 6.10 Å².